The van der Waals surface area contributed by atoms with Crippen molar-refractivity contribution in [1.82, 2.24) is 10.1 Å². The molecule has 3 atom stereocenters. The molecule has 2 aliphatic rings. The Kier molecular flexibility index (Phi) is 6.54. The van der Waals surface area contributed by atoms with Gasteiger partial charge >= 0.3 is 0 Å². The van der Waals surface area contributed by atoms with E-state index in [-0.39, 0.29) is 48.3 Å². The third-order valence-electron chi connectivity index (χ3n) is 6.90. The van der Waals surface area contributed by atoms with Crippen molar-refractivity contribution < 1.29 is 31.2 Å². The number of aromatic nitrogens is 2. The molecular formula is C24H23ClF2N2O5S. The van der Waals surface area contributed by atoms with Crippen LogP contribution < -0.4 is 4.74 Å². The van der Waals surface area contributed by atoms with Gasteiger partial charge < -0.3 is 14.0 Å². The van der Waals surface area contributed by atoms with Gasteiger partial charge in [0.25, 0.3) is 0 Å². The van der Waals surface area contributed by atoms with Gasteiger partial charge in [0.05, 0.1) is 18.5 Å². The van der Waals surface area contributed by atoms with Crippen LogP contribution in [-0.2, 0) is 32.2 Å². The van der Waals surface area contributed by atoms with Gasteiger partial charge in [-0.15, -0.1) is 0 Å². The summed E-state index contributed by atoms with van der Waals surface area (Å²) in [5.74, 6) is -2.10. The van der Waals surface area contributed by atoms with Crippen molar-refractivity contribution in [3.63, 3.8) is 0 Å². The molecule has 0 aliphatic carbocycles. The van der Waals surface area contributed by atoms with E-state index < -0.39 is 38.9 Å². The Bertz CT molecular complexity index is 1300. The normalized spacial score (nSPS) is 23.9. The average molecular weight is 525 g/mol. The smallest absolute Gasteiger partial charge is 0.213 e. The van der Waals surface area contributed by atoms with Gasteiger partial charge in [-0.05, 0) is 49.1 Å². The maximum atomic E-state index is 15.3. The first kappa shape index (κ1) is 24.1. The SMILES string of the molecule is O=S(=O)(CC[C@@H]1OCC[C@@]2(Cc3ccc(Cl)cc3)c3c(F)ccc(F)c3OC[C@@H]12)Cc1ncon1. The van der Waals surface area contributed by atoms with E-state index >= 15 is 4.39 Å². The molecule has 3 aromatic rings. The Morgan fingerprint density at radius 2 is 1.89 bits per heavy atom. The molecule has 11 heteroatoms. The summed E-state index contributed by atoms with van der Waals surface area (Å²) in [6.45, 7) is 0.353. The topological polar surface area (TPSA) is 91.5 Å². The van der Waals surface area contributed by atoms with Crippen LogP contribution in [0.4, 0.5) is 8.78 Å². The van der Waals surface area contributed by atoms with Gasteiger partial charge in [0.15, 0.2) is 27.2 Å². The van der Waals surface area contributed by atoms with Gasteiger partial charge in [-0.1, -0.05) is 28.9 Å². The van der Waals surface area contributed by atoms with Crippen molar-refractivity contribution in [2.45, 2.75) is 36.5 Å². The lowest BCUT2D eigenvalue weighted by atomic mass is 9.60. The van der Waals surface area contributed by atoms with Crippen LogP contribution in [0.3, 0.4) is 0 Å². The van der Waals surface area contributed by atoms with E-state index in [9.17, 15) is 12.8 Å². The first-order valence-electron chi connectivity index (χ1n) is 11.2. The third kappa shape index (κ3) is 4.79. The Labute approximate surface area is 206 Å². The highest BCUT2D eigenvalue weighted by atomic mass is 35.5. The highest BCUT2D eigenvalue weighted by Crippen LogP contribution is 2.52. The van der Waals surface area contributed by atoms with Gasteiger partial charge in [0.2, 0.25) is 6.39 Å². The van der Waals surface area contributed by atoms with E-state index in [0.29, 0.717) is 17.9 Å². The molecule has 0 spiro atoms. The van der Waals surface area contributed by atoms with Crippen LogP contribution in [0.15, 0.2) is 47.3 Å². The number of ether oxygens (including phenoxy) is 2. The molecule has 1 aromatic heterocycles. The lowest BCUT2D eigenvalue weighted by Crippen LogP contribution is -2.55. The molecule has 0 saturated carbocycles. The lowest BCUT2D eigenvalue weighted by molar-refractivity contribution is -0.0963. The zero-order valence-electron chi connectivity index (χ0n) is 18.6. The fourth-order valence-corrected chi connectivity index (χ4v) is 6.70. The Morgan fingerprint density at radius 3 is 2.63 bits per heavy atom. The standard InChI is InChI=1S/C24H23ClF2N2O5S/c25-16-3-1-15(2-4-16)11-24-8-9-32-20(7-10-35(30,31)13-21-28-14-34-29-21)17(24)12-33-23-19(27)6-5-18(26)22(23)24/h1-6,14,17,20H,7-13H2/t17-,20-,24-/m0/s1. The number of rotatable bonds is 7. The van der Waals surface area contributed by atoms with Crippen molar-refractivity contribution >= 4 is 21.4 Å². The molecule has 0 unspecified atom stereocenters. The summed E-state index contributed by atoms with van der Waals surface area (Å²) in [4.78, 5) is 3.77. The molecule has 0 N–H and O–H groups in total. The second-order valence-corrected chi connectivity index (χ2v) is 11.6. The molecule has 1 saturated heterocycles. The quantitative estimate of drug-likeness (QED) is 0.455. The van der Waals surface area contributed by atoms with E-state index in [0.717, 1.165) is 24.1 Å². The maximum Gasteiger partial charge on any atom is 0.213 e. The Balaban J connectivity index is 1.48. The summed E-state index contributed by atoms with van der Waals surface area (Å²) in [7, 11) is -3.56. The summed E-state index contributed by atoms with van der Waals surface area (Å²) in [5, 5.41) is 4.14. The molecular weight excluding hydrogens is 502 g/mol. The van der Waals surface area contributed by atoms with Crippen molar-refractivity contribution in [2.75, 3.05) is 19.0 Å². The summed E-state index contributed by atoms with van der Waals surface area (Å²) < 4.78 is 71.7. The molecule has 0 bridgehead atoms. The van der Waals surface area contributed by atoms with Gasteiger partial charge in [-0.3, -0.25) is 0 Å². The molecule has 7 nitrogen and oxygen atoms in total. The predicted octanol–water partition coefficient (Wildman–Crippen LogP) is 4.28. The monoisotopic (exact) mass is 524 g/mol. The summed E-state index contributed by atoms with van der Waals surface area (Å²) in [6, 6.07) is 9.41. The van der Waals surface area contributed by atoms with Crippen LogP contribution in [0, 0.1) is 17.6 Å². The zero-order chi connectivity index (χ0) is 24.6. The summed E-state index contributed by atoms with van der Waals surface area (Å²) >= 11 is 6.05. The highest BCUT2D eigenvalue weighted by Gasteiger charge is 2.53. The van der Waals surface area contributed by atoms with E-state index in [1.807, 2.05) is 12.1 Å². The van der Waals surface area contributed by atoms with Gasteiger partial charge in [-0.2, -0.15) is 4.98 Å². The van der Waals surface area contributed by atoms with Gasteiger partial charge in [0, 0.05) is 28.5 Å². The number of benzene rings is 2. The van der Waals surface area contributed by atoms with Gasteiger partial charge in [-0.25, -0.2) is 17.2 Å². The number of nitrogens with zero attached hydrogens (tertiary/aromatic N) is 2. The minimum Gasteiger partial charge on any atom is -0.490 e. The lowest BCUT2D eigenvalue weighted by Gasteiger charge is -2.51. The zero-order valence-corrected chi connectivity index (χ0v) is 20.2. The van der Waals surface area contributed by atoms with E-state index in [2.05, 4.69) is 14.7 Å². The molecule has 2 aromatic carbocycles. The van der Waals surface area contributed by atoms with Crippen molar-refractivity contribution in [3.05, 3.63) is 76.4 Å². The molecule has 5 rings (SSSR count). The fourth-order valence-electron chi connectivity index (χ4n) is 5.32. The number of hydrogen-bond acceptors (Lipinski definition) is 7. The maximum absolute atomic E-state index is 15.3. The highest BCUT2D eigenvalue weighted by molar-refractivity contribution is 7.90. The fraction of sp³-hybridized carbons (Fsp3) is 0.417. The molecule has 186 valence electrons. The minimum atomic E-state index is -3.56. The van der Waals surface area contributed by atoms with Crippen LogP contribution in [0.25, 0.3) is 0 Å². The second-order valence-electron chi connectivity index (χ2n) is 9.00. The van der Waals surface area contributed by atoms with Crippen LogP contribution in [0.5, 0.6) is 5.75 Å². The average Bonchev–Trinajstić information content (AvgIpc) is 3.33. The summed E-state index contributed by atoms with van der Waals surface area (Å²) in [6.07, 6.45) is 1.55. The Hall–Kier alpha value is -2.56. The molecule has 1 fully saturated rings. The van der Waals surface area contributed by atoms with Crippen LogP contribution in [-0.4, -0.2) is 43.6 Å². The third-order valence-corrected chi connectivity index (χ3v) is 8.71. The minimum absolute atomic E-state index is 0.0799. The number of halogens is 3. The largest absolute Gasteiger partial charge is 0.490 e. The van der Waals surface area contributed by atoms with E-state index in [1.165, 1.54) is 0 Å². The van der Waals surface area contributed by atoms with Gasteiger partial charge in [0.1, 0.15) is 11.6 Å². The van der Waals surface area contributed by atoms with Crippen molar-refractivity contribution in [1.29, 1.82) is 0 Å². The molecule has 3 heterocycles. The van der Waals surface area contributed by atoms with Crippen LogP contribution in [0.2, 0.25) is 5.02 Å². The predicted molar refractivity (Wildman–Crippen MR) is 123 cm³/mol. The molecule has 35 heavy (non-hydrogen) atoms. The summed E-state index contributed by atoms with van der Waals surface area (Å²) in [5.41, 5.74) is 0.251. The second kappa shape index (κ2) is 9.48. The number of fused-ring (bicyclic) bond motifs is 3. The van der Waals surface area contributed by atoms with E-state index in [4.69, 9.17) is 21.1 Å². The molecule has 0 amide bonds. The number of sulfone groups is 1. The molecule has 2 aliphatic heterocycles. The van der Waals surface area contributed by atoms with Crippen LogP contribution in [0.1, 0.15) is 29.8 Å². The first-order chi connectivity index (χ1) is 16.8. The van der Waals surface area contributed by atoms with Crippen molar-refractivity contribution in [2.24, 2.45) is 5.92 Å². The van der Waals surface area contributed by atoms with Crippen LogP contribution >= 0.6 is 11.6 Å². The van der Waals surface area contributed by atoms with Crippen molar-refractivity contribution in [3.8, 4) is 5.75 Å². The number of hydrogen-bond donors (Lipinski definition) is 0. The van der Waals surface area contributed by atoms with E-state index in [1.54, 1.807) is 12.1 Å². The first-order valence-corrected chi connectivity index (χ1v) is 13.4. The Morgan fingerprint density at radius 1 is 1.11 bits per heavy atom. The molecule has 0 radical (unpaired) electrons.